The predicted molar refractivity (Wildman–Crippen MR) is 90.9 cm³/mol. The number of nitrogens with zero attached hydrogens (tertiary/aromatic N) is 6. The number of nitrogens with two attached hydrogens (primary N) is 1. The average Bonchev–Trinajstić information content (AvgIpc) is 3.22. The molecule has 0 bridgehead atoms. The second-order valence-electron chi connectivity index (χ2n) is 5.65. The quantitative estimate of drug-likeness (QED) is 0.448. The van der Waals surface area contributed by atoms with Crippen molar-refractivity contribution in [2.24, 2.45) is 5.10 Å². The first kappa shape index (κ1) is 17.1. The Kier molecular flexibility index (Phi) is 4.60. The van der Waals surface area contributed by atoms with Crippen molar-refractivity contribution in [1.82, 2.24) is 30.7 Å². The average molecular weight is 356 g/mol. The van der Waals surface area contributed by atoms with Gasteiger partial charge in [-0.3, -0.25) is 4.79 Å². The Labute approximate surface area is 147 Å². The van der Waals surface area contributed by atoms with Crippen LogP contribution >= 0.6 is 0 Å². The topological polar surface area (TPSA) is 157 Å². The summed E-state index contributed by atoms with van der Waals surface area (Å²) in [5.74, 6) is -0.305. The minimum Gasteiger partial charge on any atom is -0.508 e. The van der Waals surface area contributed by atoms with E-state index in [-0.39, 0.29) is 29.0 Å². The molecule has 0 saturated carbocycles. The van der Waals surface area contributed by atoms with E-state index in [0.29, 0.717) is 11.3 Å². The van der Waals surface area contributed by atoms with Crippen molar-refractivity contribution in [3.63, 3.8) is 0 Å². The van der Waals surface area contributed by atoms with Gasteiger partial charge in [-0.1, -0.05) is 19.1 Å². The lowest BCUT2D eigenvalue weighted by Gasteiger charge is -2.08. The lowest BCUT2D eigenvalue weighted by molar-refractivity contribution is 0.0948. The highest BCUT2D eigenvalue weighted by atomic mass is 16.6. The number of nitrogens with one attached hydrogen (secondary N) is 1. The van der Waals surface area contributed by atoms with Crippen LogP contribution < -0.4 is 11.2 Å². The molecule has 0 aliphatic carbocycles. The highest BCUT2D eigenvalue weighted by Gasteiger charge is 2.25. The lowest BCUT2D eigenvalue weighted by atomic mass is 10.1. The Morgan fingerprint density at radius 2 is 2.08 bits per heavy atom. The maximum atomic E-state index is 12.4. The first-order chi connectivity index (χ1) is 12.5. The first-order valence-corrected chi connectivity index (χ1v) is 7.63. The van der Waals surface area contributed by atoms with Crippen LogP contribution in [0.4, 0.5) is 5.82 Å². The van der Waals surface area contributed by atoms with Crippen molar-refractivity contribution in [3.8, 4) is 11.6 Å². The lowest BCUT2D eigenvalue weighted by Crippen LogP contribution is -2.21. The van der Waals surface area contributed by atoms with Crippen LogP contribution in [0.1, 0.15) is 41.5 Å². The molecule has 0 aliphatic rings. The van der Waals surface area contributed by atoms with Gasteiger partial charge >= 0.3 is 0 Å². The van der Waals surface area contributed by atoms with E-state index in [4.69, 9.17) is 5.73 Å². The second kappa shape index (κ2) is 7.01. The number of hydrogen-bond donors (Lipinski definition) is 3. The Hall–Kier alpha value is -3.76. The summed E-state index contributed by atoms with van der Waals surface area (Å²) >= 11 is 0. The van der Waals surface area contributed by atoms with E-state index in [2.05, 4.69) is 35.8 Å². The van der Waals surface area contributed by atoms with Gasteiger partial charge in [-0.25, -0.2) is 10.1 Å². The fourth-order valence-corrected chi connectivity index (χ4v) is 2.24. The summed E-state index contributed by atoms with van der Waals surface area (Å²) in [6, 6.07) is 6.34. The Morgan fingerprint density at radius 3 is 2.69 bits per heavy atom. The van der Waals surface area contributed by atoms with Crippen molar-refractivity contribution in [1.29, 1.82) is 0 Å². The number of carbonyl (C=O) groups is 1. The number of rotatable bonds is 5. The number of phenolic OH excluding ortho intramolecular Hbond substituents is 1. The Bertz CT molecular complexity index is 942. The number of hydrogen-bond acceptors (Lipinski definition) is 9. The highest BCUT2D eigenvalue weighted by molar-refractivity contribution is 5.94. The van der Waals surface area contributed by atoms with Crippen LogP contribution in [0.2, 0.25) is 0 Å². The molecule has 0 unspecified atom stereocenters. The first-order valence-electron chi connectivity index (χ1n) is 7.63. The van der Waals surface area contributed by atoms with E-state index in [0.717, 1.165) is 0 Å². The summed E-state index contributed by atoms with van der Waals surface area (Å²) in [6.45, 7) is 3.74. The monoisotopic (exact) mass is 356 g/mol. The maximum absolute atomic E-state index is 12.4. The second-order valence-corrected chi connectivity index (χ2v) is 5.65. The number of carbonyl (C=O) groups excluding carboxylic acids is 1. The predicted octanol–water partition coefficient (Wildman–Crippen LogP) is 0.825. The van der Waals surface area contributed by atoms with Crippen molar-refractivity contribution in [2.75, 3.05) is 5.73 Å². The molecule has 1 aromatic carbocycles. The Morgan fingerprint density at radius 1 is 1.35 bits per heavy atom. The molecule has 26 heavy (non-hydrogen) atoms. The van der Waals surface area contributed by atoms with Gasteiger partial charge in [0.25, 0.3) is 5.91 Å². The summed E-state index contributed by atoms with van der Waals surface area (Å²) in [7, 11) is 0. The fourth-order valence-electron chi connectivity index (χ4n) is 2.24. The third-order valence-electron chi connectivity index (χ3n) is 3.44. The fraction of sp³-hybridized carbons (Fsp3) is 0.200. The van der Waals surface area contributed by atoms with Crippen LogP contribution in [0, 0.1) is 0 Å². The van der Waals surface area contributed by atoms with Gasteiger partial charge < -0.3 is 10.8 Å². The van der Waals surface area contributed by atoms with Gasteiger partial charge in [0.2, 0.25) is 11.6 Å². The Balaban J connectivity index is 1.82. The number of phenols is 1. The summed E-state index contributed by atoms with van der Waals surface area (Å²) in [5.41, 5.74) is 9.36. The molecular weight excluding hydrogens is 340 g/mol. The minimum atomic E-state index is -0.537. The normalized spacial score (nSPS) is 11.3. The molecule has 0 radical (unpaired) electrons. The maximum Gasteiger partial charge on any atom is 0.293 e. The molecule has 0 aliphatic heterocycles. The number of benzene rings is 1. The molecule has 11 heteroatoms. The zero-order valence-corrected chi connectivity index (χ0v) is 14.0. The molecule has 3 aromatic rings. The third-order valence-corrected chi connectivity index (χ3v) is 3.44. The molecule has 1 amide bonds. The molecular formula is C15H16N8O3. The summed E-state index contributed by atoms with van der Waals surface area (Å²) in [6.07, 6.45) is 1.44. The van der Waals surface area contributed by atoms with E-state index >= 15 is 0 Å². The number of nitrogen functional groups attached to an aromatic ring is 1. The molecule has 2 aromatic heterocycles. The molecule has 11 nitrogen and oxygen atoms in total. The highest BCUT2D eigenvalue weighted by Crippen LogP contribution is 2.22. The molecule has 0 fully saturated rings. The molecule has 0 atom stereocenters. The van der Waals surface area contributed by atoms with Crippen LogP contribution in [0.15, 0.2) is 34.0 Å². The molecule has 0 saturated heterocycles. The van der Waals surface area contributed by atoms with Gasteiger partial charge in [0.15, 0.2) is 5.69 Å². The zero-order valence-electron chi connectivity index (χ0n) is 14.0. The van der Waals surface area contributed by atoms with Crippen LogP contribution in [0.25, 0.3) is 5.82 Å². The number of anilines is 1. The van der Waals surface area contributed by atoms with Crippen LogP contribution in [-0.2, 0) is 0 Å². The molecule has 0 spiro atoms. The van der Waals surface area contributed by atoms with E-state index in [1.807, 2.05) is 13.8 Å². The largest absolute Gasteiger partial charge is 0.508 e. The van der Waals surface area contributed by atoms with Crippen LogP contribution in [0.3, 0.4) is 0 Å². The standard InChI is InChI=1S/C15H16N8O3/c1-8(2)12-11(18-22-23(12)14-13(16)20-26-21-14)15(25)19-17-7-9-3-5-10(24)6-4-9/h3-8,24H,1-2H3,(H2,16,20)(H,19,25). The van der Waals surface area contributed by atoms with Crippen molar-refractivity contribution < 1.29 is 14.5 Å². The van der Waals surface area contributed by atoms with Gasteiger partial charge in [0.05, 0.1) is 11.9 Å². The molecule has 4 N–H and O–H groups in total. The van der Waals surface area contributed by atoms with E-state index < -0.39 is 5.91 Å². The van der Waals surface area contributed by atoms with E-state index in [9.17, 15) is 9.90 Å². The van der Waals surface area contributed by atoms with E-state index in [1.165, 1.54) is 23.0 Å². The third kappa shape index (κ3) is 3.36. The molecule has 3 rings (SSSR count). The van der Waals surface area contributed by atoms with Gasteiger partial charge in [0.1, 0.15) is 5.75 Å². The number of aromatic nitrogens is 5. The van der Waals surface area contributed by atoms with Gasteiger partial charge in [0, 0.05) is 0 Å². The molecule has 2 heterocycles. The number of aromatic hydroxyl groups is 1. The van der Waals surface area contributed by atoms with Crippen molar-refractivity contribution in [2.45, 2.75) is 19.8 Å². The minimum absolute atomic E-state index is 0.0362. The summed E-state index contributed by atoms with van der Waals surface area (Å²) in [5, 5.41) is 28.1. The number of amides is 1. The molecule has 134 valence electrons. The summed E-state index contributed by atoms with van der Waals surface area (Å²) in [4.78, 5) is 12.4. The van der Waals surface area contributed by atoms with Crippen molar-refractivity contribution in [3.05, 3.63) is 41.2 Å². The van der Waals surface area contributed by atoms with Gasteiger partial charge in [-0.15, -0.1) is 5.10 Å². The van der Waals surface area contributed by atoms with Crippen molar-refractivity contribution >= 4 is 17.9 Å². The van der Waals surface area contributed by atoms with Gasteiger partial charge in [-0.05, 0) is 46.1 Å². The number of hydrazone groups is 1. The van der Waals surface area contributed by atoms with Crippen LogP contribution in [0.5, 0.6) is 5.75 Å². The van der Waals surface area contributed by atoms with E-state index in [1.54, 1.807) is 12.1 Å². The van der Waals surface area contributed by atoms with Gasteiger partial charge in [-0.2, -0.15) is 9.78 Å². The zero-order chi connectivity index (χ0) is 18.7. The smallest absolute Gasteiger partial charge is 0.293 e. The SMILES string of the molecule is CC(C)c1c(C(=O)NN=Cc2ccc(O)cc2)nnn1-c1nonc1N. The summed E-state index contributed by atoms with van der Waals surface area (Å²) < 4.78 is 5.89. The van der Waals surface area contributed by atoms with Crippen LogP contribution in [-0.4, -0.2) is 42.5 Å².